The number of hydrogen-bond donors (Lipinski definition) is 2. The predicted molar refractivity (Wildman–Crippen MR) is 43.2 cm³/mol. The molecule has 1 rings (SSSR count). The van der Waals surface area contributed by atoms with Gasteiger partial charge in [-0.1, -0.05) is 12.1 Å². The second-order valence-corrected chi connectivity index (χ2v) is 2.85. The maximum absolute atomic E-state index is 8.49. The van der Waals surface area contributed by atoms with Gasteiger partial charge in [-0.15, -0.1) is 0 Å². The zero-order valence-corrected chi connectivity index (χ0v) is 6.95. The highest BCUT2D eigenvalue weighted by molar-refractivity contribution is 7.39. The molecule has 0 saturated carbocycles. The molecule has 0 fully saturated rings. The number of rotatable bonds is 2. The first kappa shape index (κ1) is 8.47. The number of benzene rings is 1. The van der Waals surface area contributed by atoms with Crippen LogP contribution in [0.2, 0.25) is 0 Å². The summed E-state index contributed by atoms with van der Waals surface area (Å²) in [6, 6.07) is 7.12. The molecule has 60 valence electrons. The SMILES string of the molecule is Cc1cccc(OP(O)O)c1. The Balaban J connectivity index is 2.71. The topological polar surface area (TPSA) is 49.7 Å². The first-order chi connectivity index (χ1) is 5.18. The van der Waals surface area contributed by atoms with Crippen molar-refractivity contribution in [3.8, 4) is 5.75 Å². The third kappa shape index (κ3) is 2.85. The lowest BCUT2D eigenvalue weighted by atomic mass is 10.2. The van der Waals surface area contributed by atoms with Gasteiger partial charge in [0.25, 0.3) is 0 Å². The van der Waals surface area contributed by atoms with E-state index in [1.165, 1.54) is 0 Å². The molecule has 0 aliphatic heterocycles. The predicted octanol–water partition coefficient (Wildman–Crippen LogP) is 1.59. The molecule has 1 aromatic carbocycles. The van der Waals surface area contributed by atoms with Crippen molar-refractivity contribution >= 4 is 8.60 Å². The largest absolute Gasteiger partial charge is 0.427 e. The van der Waals surface area contributed by atoms with E-state index in [9.17, 15) is 0 Å². The second-order valence-electron chi connectivity index (χ2n) is 2.16. The summed E-state index contributed by atoms with van der Waals surface area (Å²) in [6.45, 7) is 1.91. The Kier molecular flexibility index (Phi) is 2.83. The van der Waals surface area contributed by atoms with E-state index in [2.05, 4.69) is 4.52 Å². The molecule has 0 atom stereocenters. The van der Waals surface area contributed by atoms with Crippen LogP contribution in [0, 0.1) is 6.92 Å². The maximum Gasteiger partial charge on any atom is 0.391 e. The maximum atomic E-state index is 8.49. The highest BCUT2D eigenvalue weighted by Crippen LogP contribution is 2.28. The molecule has 4 heteroatoms. The third-order valence-corrected chi connectivity index (χ3v) is 1.55. The molecule has 3 nitrogen and oxygen atoms in total. The van der Waals surface area contributed by atoms with E-state index in [1.807, 2.05) is 13.0 Å². The van der Waals surface area contributed by atoms with Crippen molar-refractivity contribution < 1.29 is 14.3 Å². The smallest absolute Gasteiger partial charge is 0.391 e. The van der Waals surface area contributed by atoms with Crippen molar-refractivity contribution in [3.05, 3.63) is 29.8 Å². The lowest BCUT2D eigenvalue weighted by molar-refractivity contribution is 0.375. The molecule has 0 radical (unpaired) electrons. The van der Waals surface area contributed by atoms with Gasteiger partial charge in [0.1, 0.15) is 5.75 Å². The van der Waals surface area contributed by atoms with E-state index in [-0.39, 0.29) is 0 Å². The minimum atomic E-state index is -2.29. The summed E-state index contributed by atoms with van der Waals surface area (Å²) < 4.78 is 4.67. The van der Waals surface area contributed by atoms with E-state index < -0.39 is 8.60 Å². The highest BCUT2D eigenvalue weighted by atomic mass is 31.2. The lowest BCUT2D eigenvalue weighted by Gasteiger charge is -2.04. The summed E-state index contributed by atoms with van der Waals surface area (Å²) in [7, 11) is -2.29. The van der Waals surface area contributed by atoms with Gasteiger partial charge in [-0.05, 0) is 24.6 Å². The van der Waals surface area contributed by atoms with Crippen LogP contribution < -0.4 is 4.52 Å². The summed E-state index contributed by atoms with van der Waals surface area (Å²) in [4.78, 5) is 17.0. The molecular formula is C7H9O3P. The summed E-state index contributed by atoms with van der Waals surface area (Å²) in [6.07, 6.45) is 0. The van der Waals surface area contributed by atoms with Crippen molar-refractivity contribution in [1.29, 1.82) is 0 Å². The monoisotopic (exact) mass is 172 g/mol. The first-order valence-corrected chi connectivity index (χ1v) is 4.27. The molecule has 0 spiro atoms. The summed E-state index contributed by atoms with van der Waals surface area (Å²) in [5.41, 5.74) is 1.03. The van der Waals surface area contributed by atoms with E-state index in [0.29, 0.717) is 5.75 Å². The van der Waals surface area contributed by atoms with E-state index in [0.717, 1.165) is 5.56 Å². The van der Waals surface area contributed by atoms with E-state index in [1.54, 1.807) is 18.2 Å². The molecule has 11 heavy (non-hydrogen) atoms. The fraction of sp³-hybridized carbons (Fsp3) is 0.143. The molecule has 0 aliphatic carbocycles. The molecule has 0 saturated heterocycles. The number of aryl methyl sites for hydroxylation is 1. The van der Waals surface area contributed by atoms with Crippen molar-refractivity contribution in [2.24, 2.45) is 0 Å². The Morgan fingerprint density at radius 1 is 1.36 bits per heavy atom. The van der Waals surface area contributed by atoms with Crippen LogP contribution in [0.1, 0.15) is 5.56 Å². The summed E-state index contributed by atoms with van der Waals surface area (Å²) in [5.74, 6) is 0.487. The Hall–Kier alpha value is -0.630. The van der Waals surface area contributed by atoms with Gasteiger partial charge in [0.15, 0.2) is 0 Å². The first-order valence-electron chi connectivity index (χ1n) is 3.11. The van der Waals surface area contributed by atoms with Crippen molar-refractivity contribution in [2.75, 3.05) is 0 Å². The van der Waals surface area contributed by atoms with Crippen molar-refractivity contribution in [3.63, 3.8) is 0 Å². The molecule has 0 aromatic heterocycles. The van der Waals surface area contributed by atoms with Gasteiger partial charge in [-0.25, -0.2) is 0 Å². The Bertz CT molecular complexity index is 237. The fourth-order valence-corrected chi connectivity index (χ4v) is 1.07. The zero-order valence-electron chi connectivity index (χ0n) is 6.06. The van der Waals surface area contributed by atoms with Gasteiger partial charge in [0, 0.05) is 0 Å². The van der Waals surface area contributed by atoms with Gasteiger partial charge in [-0.2, -0.15) is 0 Å². The molecule has 0 unspecified atom stereocenters. The summed E-state index contributed by atoms with van der Waals surface area (Å²) in [5, 5.41) is 0. The average molecular weight is 172 g/mol. The van der Waals surface area contributed by atoms with Crippen LogP contribution in [0.4, 0.5) is 0 Å². The zero-order chi connectivity index (χ0) is 8.27. The van der Waals surface area contributed by atoms with Crippen molar-refractivity contribution in [2.45, 2.75) is 6.92 Å². The molecule has 0 heterocycles. The number of hydrogen-bond acceptors (Lipinski definition) is 3. The normalized spacial score (nSPS) is 10.2. The second kappa shape index (κ2) is 3.67. The minimum absolute atomic E-state index is 0.487. The van der Waals surface area contributed by atoms with Gasteiger partial charge in [-0.3, -0.25) is 0 Å². The Morgan fingerprint density at radius 2 is 2.09 bits per heavy atom. The fourth-order valence-electron chi connectivity index (χ4n) is 0.766. The van der Waals surface area contributed by atoms with Gasteiger partial charge < -0.3 is 14.3 Å². The molecule has 1 aromatic rings. The summed E-state index contributed by atoms with van der Waals surface area (Å²) >= 11 is 0. The van der Waals surface area contributed by atoms with Crippen LogP contribution in [-0.2, 0) is 0 Å². The van der Waals surface area contributed by atoms with Crippen LogP contribution in [0.15, 0.2) is 24.3 Å². The quantitative estimate of drug-likeness (QED) is 0.666. The minimum Gasteiger partial charge on any atom is -0.427 e. The van der Waals surface area contributed by atoms with Crippen LogP contribution in [-0.4, -0.2) is 9.79 Å². The van der Waals surface area contributed by atoms with Crippen LogP contribution >= 0.6 is 8.60 Å². The third-order valence-electron chi connectivity index (χ3n) is 1.18. The van der Waals surface area contributed by atoms with Gasteiger partial charge in [0.2, 0.25) is 0 Å². The highest BCUT2D eigenvalue weighted by Gasteiger charge is 2.00. The average Bonchev–Trinajstić information content (AvgIpc) is 1.85. The Morgan fingerprint density at radius 3 is 2.64 bits per heavy atom. The standard InChI is InChI=1S/C7H9O3P/c1-6-3-2-4-7(5-6)10-11(8)9/h2-5,8-9H,1H3. The molecule has 0 amide bonds. The van der Waals surface area contributed by atoms with Crippen LogP contribution in [0.3, 0.4) is 0 Å². The molecule has 0 aliphatic rings. The van der Waals surface area contributed by atoms with Gasteiger partial charge in [0.05, 0.1) is 0 Å². The molecular weight excluding hydrogens is 163 g/mol. The van der Waals surface area contributed by atoms with Crippen molar-refractivity contribution in [1.82, 2.24) is 0 Å². The van der Waals surface area contributed by atoms with E-state index >= 15 is 0 Å². The molecule has 0 bridgehead atoms. The van der Waals surface area contributed by atoms with Crippen LogP contribution in [0.5, 0.6) is 5.75 Å². The van der Waals surface area contributed by atoms with E-state index in [4.69, 9.17) is 9.79 Å². The molecule has 2 N–H and O–H groups in total. The van der Waals surface area contributed by atoms with Gasteiger partial charge >= 0.3 is 8.60 Å². The van der Waals surface area contributed by atoms with Crippen LogP contribution in [0.25, 0.3) is 0 Å². The lowest BCUT2D eigenvalue weighted by Crippen LogP contribution is -1.84. The Labute approximate surface area is 66.3 Å².